The van der Waals surface area contributed by atoms with Crippen molar-refractivity contribution in [3.63, 3.8) is 0 Å². The number of hydrogen-bond donors (Lipinski definition) is 2. The number of rotatable bonds is 4. The fourth-order valence-electron chi connectivity index (χ4n) is 2.05. The molecule has 0 aliphatic carbocycles. The largest absolute Gasteiger partial charge is 0.497 e. The summed E-state index contributed by atoms with van der Waals surface area (Å²) in [4.78, 5) is 0. The van der Waals surface area contributed by atoms with Crippen molar-refractivity contribution in [3.05, 3.63) is 24.3 Å². The van der Waals surface area contributed by atoms with Crippen molar-refractivity contribution in [1.29, 1.82) is 0 Å². The second kappa shape index (κ2) is 5.75. The van der Waals surface area contributed by atoms with Crippen molar-refractivity contribution >= 4 is 5.69 Å². The molecule has 16 heavy (non-hydrogen) atoms. The van der Waals surface area contributed by atoms with Gasteiger partial charge < -0.3 is 15.4 Å². The SMILES string of the molecule is COc1ccc(NCC2CCCCN2)cc1. The molecule has 1 aromatic rings. The minimum absolute atomic E-state index is 0.621. The van der Waals surface area contributed by atoms with Gasteiger partial charge >= 0.3 is 0 Å². The Bertz CT molecular complexity index is 304. The molecule has 1 unspecified atom stereocenters. The van der Waals surface area contributed by atoms with E-state index in [4.69, 9.17) is 4.74 Å². The van der Waals surface area contributed by atoms with E-state index in [2.05, 4.69) is 22.8 Å². The topological polar surface area (TPSA) is 33.3 Å². The molecule has 3 heteroatoms. The maximum absolute atomic E-state index is 5.12. The Morgan fingerprint density at radius 1 is 1.31 bits per heavy atom. The maximum Gasteiger partial charge on any atom is 0.119 e. The van der Waals surface area contributed by atoms with Crippen LogP contribution in [0.3, 0.4) is 0 Å². The van der Waals surface area contributed by atoms with Gasteiger partial charge in [-0.1, -0.05) is 6.42 Å². The summed E-state index contributed by atoms with van der Waals surface area (Å²) >= 11 is 0. The van der Waals surface area contributed by atoms with E-state index in [1.165, 1.54) is 19.3 Å². The van der Waals surface area contributed by atoms with Gasteiger partial charge in [0.05, 0.1) is 7.11 Å². The van der Waals surface area contributed by atoms with Crippen LogP contribution in [0.25, 0.3) is 0 Å². The van der Waals surface area contributed by atoms with Crippen molar-refractivity contribution in [2.75, 3.05) is 25.5 Å². The Hall–Kier alpha value is -1.22. The number of piperidine rings is 1. The van der Waals surface area contributed by atoms with Crippen LogP contribution < -0.4 is 15.4 Å². The summed E-state index contributed by atoms with van der Waals surface area (Å²) in [6.45, 7) is 2.17. The lowest BCUT2D eigenvalue weighted by atomic mass is 10.1. The summed E-state index contributed by atoms with van der Waals surface area (Å²) in [5.41, 5.74) is 1.16. The summed E-state index contributed by atoms with van der Waals surface area (Å²) in [5, 5.41) is 6.97. The first-order valence-corrected chi connectivity index (χ1v) is 6.00. The third kappa shape index (κ3) is 3.14. The summed E-state index contributed by atoms with van der Waals surface area (Å²) in [5.74, 6) is 0.904. The van der Waals surface area contributed by atoms with Gasteiger partial charge in [0.2, 0.25) is 0 Å². The predicted molar refractivity (Wildman–Crippen MR) is 67.1 cm³/mol. The molecule has 0 amide bonds. The highest BCUT2D eigenvalue weighted by molar-refractivity contribution is 5.46. The van der Waals surface area contributed by atoms with Crippen LogP contribution in [0.15, 0.2) is 24.3 Å². The number of hydrogen-bond acceptors (Lipinski definition) is 3. The van der Waals surface area contributed by atoms with E-state index in [9.17, 15) is 0 Å². The summed E-state index contributed by atoms with van der Waals surface area (Å²) in [7, 11) is 1.69. The van der Waals surface area contributed by atoms with Gasteiger partial charge in [0, 0.05) is 18.3 Å². The summed E-state index contributed by atoms with van der Waals surface area (Å²) in [6, 6.07) is 8.70. The molecule has 2 rings (SSSR count). The molecule has 1 atom stereocenters. The highest BCUT2D eigenvalue weighted by Crippen LogP contribution is 2.15. The summed E-state index contributed by atoms with van der Waals surface area (Å²) in [6.07, 6.45) is 3.95. The smallest absolute Gasteiger partial charge is 0.119 e. The fraction of sp³-hybridized carbons (Fsp3) is 0.538. The Morgan fingerprint density at radius 3 is 2.75 bits per heavy atom. The van der Waals surface area contributed by atoms with E-state index in [0.29, 0.717) is 6.04 Å². The molecule has 3 nitrogen and oxygen atoms in total. The van der Waals surface area contributed by atoms with Crippen LogP contribution in [0.5, 0.6) is 5.75 Å². The molecule has 88 valence electrons. The molecule has 0 saturated carbocycles. The van der Waals surface area contributed by atoms with Crippen LogP contribution in [-0.2, 0) is 0 Å². The molecule has 1 aliphatic heterocycles. The molecular formula is C13H20N2O. The third-order valence-electron chi connectivity index (χ3n) is 3.05. The van der Waals surface area contributed by atoms with Gasteiger partial charge in [0.25, 0.3) is 0 Å². The molecule has 1 fully saturated rings. The van der Waals surface area contributed by atoms with Crippen LogP contribution in [0.2, 0.25) is 0 Å². The van der Waals surface area contributed by atoms with E-state index in [1.807, 2.05) is 12.1 Å². The van der Waals surface area contributed by atoms with Gasteiger partial charge in [-0.15, -0.1) is 0 Å². The zero-order valence-corrected chi connectivity index (χ0v) is 9.83. The van der Waals surface area contributed by atoms with E-state index in [0.717, 1.165) is 24.5 Å². The monoisotopic (exact) mass is 220 g/mol. The Balaban J connectivity index is 1.79. The zero-order valence-electron chi connectivity index (χ0n) is 9.83. The first-order chi connectivity index (χ1) is 7.88. The quantitative estimate of drug-likeness (QED) is 0.816. The van der Waals surface area contributed by atoms with Crippen molar-refractivity contribution in [2.45, 2.75) is 25.3 Å². The minimum atomic E-state index is 0.621. The number of nitrogens with one attached hydrogen (secondary N) is 2. The highest BCUT2D eigenvalue weighted by atomic mass is 16.5. The average molecular weight is 220 g/mol. The van der Waals surface area contributed by atoms with Crippen molar-refractivity contribution in [3.8, 4) is 5.75 Å². The number of ether oxygens (including phenoxy) is 1. The van der Waals surface area contributed by atoms with Crippen molar-refractivity contribution < 1.29 is 4.74 Å². The van der Waals surface area contributed by atoms with E-state index in [1.54, 1.807) is 7.11 Å². The van der Waals surface area contributed by atoms with Crippen LogP contribution in [0.4, 0.5) is 5.69 Å². The predicted octanol–water partition coefficient (Wildman–Crippen LogP) is 2.25. The van der Waals surface area contributed by atoms with Crippen LogP contribution in [0.1, 0.15) is 19.3 Å². The van der Waals surface area contributed by atoms with Gasteiger partial charge in [-0.3, -0.25) is 0 Å². The third-order valence-corrected chi connectivity index (χ3v) is 3.05. The molecule has 0 radical (unpaired) electrons. The molecule has 1 saturated heterocycles. The van der Waals surface area contributed by atoms with Gasteiger partial charge in [-0.05, 0) is 43.7 Å². The van der Waals surface area contributed by atoms with Crippen LogP contribution in [-0.4, -0.2) is 26.2 Å². The first-order valence-electron chi connectivity index (χ1n) is 6.00. The molecule has 0 bridgehead atoms. The van der Waals surface area contributed by atoms with Gasteiger partial charge in [0.15, 0.2) is 0 Å². The minimum Gasteiger partial charge on any atom is -0.497 e. The van der Waals surface area contributed by atoms with Gasteiger partial charge in [-0.25, -0.2) is 0 Å². The maximum atomic E-state index is 5.12. The van der Waals surface area contributed by atoms with E-state index >= 15 is 0 Å². The van der Waals surface area contributed by atoms with E-state index < -0.39 is 0 Å². The summed E-state index contributed by atoms with van der Waals surface area (Å²) < 4.78 is 5.12. The van der Waals surface area contributed by atoms with Crippen LogP contribution >= 0.6 is 0 Å². The molecule has 0 spiro atoms. The zero-order chi connectivity index (χ0) is 11.2. The van der Waals surface area contributed by atoms with Crippen molar-refractivity contribution in [1.82, 2.24) is 5.32 Å². The number of benzene rings is 1. The fourth-order valence-corrected chi connectivity index (χ4v) is 2.05. The highest BCUT2D eigenvalue weighted by Gasteiger charge is 2.11. The number of anilines is 1. The Morgan fingerprint density at radius 2 is 2.12 bits per heavy atom. The Kier molecular flexibility index (Phi) is 4.05. The molecule has 1 heterocycles. The second-order valence-electron chi connectivity index (χ2n) is 4.26. The normalized spacial score (nSPS) is 20.4. The second-order valence-corrected chi connectivity index (χ2v) is 4.26. The molecular weight excluding hydrogens is 200 g/mol. The lowest BCUT2D eigenvalue weighted by Crippen LogP contribution is -2.39. The van der Waals surface area contributed by atoms with Crippen LogP contribution in [0, 0.1) is 0 Å². The first kappa shape index (κ1) is 11.3. The molecule has 1 aliphatic rings. The molecule has 2 N–H and O–H groups in total. The molecule has 0 aromatic heterocycles. The standard InChI is InChI=1S/C13H20N2O/c1-16-13-7-5-11(6-8-13)15-10-12-4-2-3-9-14-12/h5-8,12,14-15H,2-4,9-10H2,1H3. The Labute approximate surface area is 97.2 Å². The van der Waals surface area contributed by atoms with E-state index in [-0.39, 0.29) is 0 Å². The average Bonchev–Trinajstić information content (AvgIpc) is 2.38. The number of methoxy groups -OCH3 is 1. The van der Waals surface area contributed by atoms with Crippen molar-refractivity contribution in [2.24, 2.45) is 0 Å². The lowest BCUT2D eigenvalue weighted by Gasteiger charge is -2.24. The molecule has 1 aromatic carbocycles. The van der Waals surface area contributed by atoms with Gasteiger partial charge in [-0.2, -0.15) is 0 Å². The lowest BCUT2D eigenvalue weighted by molar-refractivity contribution is 0.413. The van der Waals surface area contributed by atoms with Gasteiger partial charge in [0.1, 0.15) is 5.75 Å².